The highest BCUT2D eigenvalue weighted by molar-refractivity contribution is 7.98. The first-order valence-electron chi connectivity index (χ1n) is 6.89. The minimum atomic E-state index is -0.679. The molecule has 4 nitrogen and oxygen atoms in total. The molecule has 0 aliphatic heterocycles. The molecule has 0 atom stereocenters. The standard InChI is InChI=1S/C16H11ClF2N4S/c17-12-6-4-11(5-7-12)9-24-16-22-20-10-23(16)21-8-13-14(18)2-1-3-15(13)19/h1-8,10H,9H2. The van der Waals surface area contributed by atoms with E-state index in [9.17, 15) is 8.78 Å². The molecule has 8 heteroatoms. The molecule has 0 aliphatic rings. The normalized spacial score (nSPS) is 11.3. The zero-order valence-corrected chi connectivity index (χ0v) is 13.8. The van der Waals surface area contributed by atoms with Gasteiger partial charge in [0.15, 0.2) is 0 Å². The highest BCUT2D eigenvalue weighted by Crippen LogP contribution is 2.21. The summed E-state index contributed by atoms with van der Waals surface area (Å²) in [6.07, 6.45) is 2.49. The Morgan fingerprint density at radius 1 is 1.12 bits per heavy atom. The third-order valence-electron chi connectivity index (χ3n) is 3.09. The fraction of sp³-hybridized carbons (Fsp3) is 0.0625. The van der Waals surface area contributed by atoms with Crippen molar-refractivity contribution in [3.8, 4) is 0 Å². The topological polar surface area (TPSA) is 43.1 Å². The maximum Gasteiger partial charge on any atom is 0.212 e. The highest BCUT2D eigenvalue weighted by atomic mass is 35.5. The predicted octanol–water partition coefficient (Wildman–Crippen LogP) is 4.38. The molecule has 1 heterocycles. The van der Waals surface area contributed by atoms with Crippen LogP contribution in [0, 0.1) is 11.6 Å². The molecule has 0 fully saturated rings. The average molecular weight is 365 g/mol. The number of rotatable bonds is 5. The molecular formula is C16H11ClF2N4S. The minimum absolute atomic E-state index is 0.208. The van der Waals surface area contributed by atoms with Crippen LogP contribution >= 0.6 is 23.4 Å². The van der Waals surface area contributed by atoms with Crippen molar-refractivity contribution in [2.75, 3.05) is 0 Å². The van der Waals surface area contributed by atoms with E-state index in [-0.39, 0.29) is 5.56 Å². The van der Waals surface area contributed by atoms with E-state index < -0.39 is 11.6 Å². The van der Waals surface area contributed by atoms with Crippen LogP contribution in [0.25, 0.3) is 0 Å². The van der Waals surface area contributed by atoms with E-state index in [4.69, 9.17) is 11.6 Å². The molecule has 24 heavy (non-hydrogen) atoms. The van der Waals surface area contributed by atoms with Crippen molar-refractivity contribution >= 4 is 29.6 Å². The maximum atomic E-state index is 13.6. The van der Waals surface area contributed by atoms with Crippen molar-refractivity contribution in [2.45, 2.75) is 10.9 Å². The first-order valence-corrected chi connectivity index (χ1v) is 8.25. The van der Waals surface area contributed by atoms with Gasteiger partial charge in [0.05, 0.1) is 11.8 Å². The van der Waals surface area contributed by atoms with Crippen LogP contribution in [0.3, 0.4) is 0 Å². The Hall–Kier alpha value is -2.25. The van der Waals surface area contributed by atoms with Gasteiger partial charge < -0.3 is 0 Å². The summed E-state index contributed by atoms with van der Waals surface area (Å²) in [5.41, 5.74) is 0.850. The Morgan fingerprint density at radius 2 is 1.83 bits per heavy atom. The van der Waals surface area contributed by atoms with Gasteiger partial charge in [-0.1, -0.05) is 41.6 Å². The summed E-state index contributed by atoms with van der Waals surface area (Å²) >= 11 is 7.25. The Balaban J connectivity index is 1.73. The number of aromatic nitrogens is 3. The number of hydrogen-bond acceptors (Lipinski definition) is 4. The lowest BCUT2D eigenvalue weighted by atomic mass is 10.2. The number of benzene rings is 2. The molecule has 122 valence electrons. The lowest BCUT2D eigenvalue weighted by Crippen LogP contribution is -1.97. The van der Waals surface area contributed by atoms with Crippen LogP contribution in [-0.4, -0.2) is 21.1 Å². The van der Waals surface area contributed by atoms with Crippen LogP contribution in [-0.2, 0) is 5.75 Å². The molecule has 3 aromatic rings. The average Bonchev–Trinajstić information content (AvgIpc) is 3.01. The van der Waals surface area contributed by atoms with Gasteiger partial charge in [-0.25, -0.2) is 8.78 Å². The summed E-state index contributed by atoms with van der Waals surface area (Å²) in [5, 5.41) is 12.9. The van der Waals surface area contributed by atoms with Gasteiger partial charge in [0, 0.05) is 10.8 Å². The van der Waals surface area contributed by atoms with E-state index >= 15 is 0 Å². The zero-order valence-electron chi connectivity index (χ0n) is 12.2. The molecule has 0 unspecified atom stereocenters. The second kappa shape index (κ2) is 7.55. The van der Waals surface area contributed by atoms with Gasteiger partial charge in [-0.15, -0.1) is 10.2 Å². The number of hydrogen-bond donors (Lipinski definition) is 0. The summed E-state index contributed by atoms with van der Waals surface area (Å²) in [6.45, 7) is 0. The molecule has 1 aromatic heterocycles. The van der Waals surface area contributed by atoms with E-state index in [0.717, 1.165) is 11.8 Å². The van der Waals surface area contributed by atoms with Crippen LogP contribution in [0.2, 0.25) is 5.02 Å². The molecule has 0 bridgehead atoms. The number of halogens is 3. The van der Waals surface area contributed by atoms with Crippen LogP contribution in [0.4, 0.5) is 8.78 Å². The molecule has 0 radical (unpaired) electrons. The van der Waals surface area contributed by atoms with Crippen molar-refractivity contribution in [3.63, 3.8) is 0 Å². The van der Waals surface area contributed by atoms with Gasteiger partial charge in [-0.05, 0) is 29.8 Å². The van der Waals surface area contributed by atoms with Gasteiger partial charge in [-0.2, -0.15) is 9.78 Å². The predicted molar refractivity (Wildman–Crippen MR) is 90.4 cm³/mol. The Kier molecular flexibility index (Phi) is 5.22. The van der Waals surface area contributed by atoms with E-state index in [1.807, 2.05) is 12.1 Å². The molecule has 2 aromatic carbocycles. The van der Waals surface area contributed by atoms with Gasteiger partial charge in [0.25, 0.3) is 0 Å². The van der Waals surface area contributed by atoms with Crippen molar-refractivity contribution in [1.29, 1.82) is 0 Å². The Labute approximate surface area is 146 Å². The monoisotopic (exact) mass is 364 g/mol. The highest BCUT2D eigenvalue weighted by Gasteiger charge is 2.07. The first kappa shape index (κ1) is 16.6. The fourth-order valence-corrected chi connectivity index (χ4v) is 2.82. The Morgan fingerprint density at radius 3 is 2.54 bits per heavy atom. The molecule has 0 saturated carbocycles. The molecule has 0 saturated heterocycles. The molecule has 0 aliphatic carbocycles. The fourth-order valence-electron chi connectivity index (χ4n) is 1.88. The van der Waals surface area contributed by atoms with Crippen LogP contribution in [0.15, 0.2) is 59.0 Å². The van der Waals surface area contributed by atoms with Crippen molar-refractivity contribution in [2.24, 2.45) is 5.10 Å². The third-order valence-corrected chi connectivity index (χ3v) is 4.35. The number of thioether (sulfide) groups is 1. The summed E-state index contributed by atoms with van der Waals surface area (Å²) in [6, 6.07) is 11.1. The summed E-state index contributed by atoms with van der Waals surface area (Å²) in [5.74, 6) is -0.719. The molecule has 0 spiro atoms. The Bertz CT molecular complexity index is 845. The van der Waals surface area contributed by atoms with Crippen molar-refractivity contribution in [3.05, 3.63) is 76.6 Å². The van der Waals surface area contributed by atoms with Crippen molar-refractivity contribution < 1.29 is 8.78 Å². The van der Waals surface area contributed by atoms with Gasteiger partial charge in [-0.3, -0.25) is 0 Å². The lowest BCUT2D eigenvalue weighted by Gasteiger charge is -2.02. The zero-order chi connectivity index (χ0) is 16.9. The smallest absolute Gasteiger partial charge is 0.206 e. The van der Waals surface area contributed by atoms with Gasteiger partial charge in [0.2, 0.25) is 5.16 Å². The van der Waals surface area contributed by atoms with Gasteiger partial charge >= 0.3 is 0 Å². The van der Waals surface area contributed by atoms with Crippen LogP contribution in [0.1, 0.15) is 11.1 Å². The van der Waals surface area contributed by atoms with Crippen LogP contribution in [0.5, 0.6) is 0 Å². The maximum absolute atomic E-state index is 13.6. The third kappa shape index (κ3) is 3.98. The molecule has 0 N–H and O–H groups in total. The largest absolute Gasteiger partial charge is 0.212 e. The quantitative estimate of drug-likeness (QED) is 0.498. The molecule has 0 amide bonds. The minimum Gasteiger partial charge on any atom is -0.206 e. The first-order chi connectivity index (χ1) is 11.6. The van der Waals surface area contributed by atoms with E-state index in [1.54, 1.807) is 12.1 Å². The lowest BCUT2D eigenvalue weighted by molar-refractivity contribution is 0.579. The summed E-state index contributed by atoms with van der Waals surface area (Å²) in [7, 11) is 0. The van der Waals surface area contributed by atoms with Crippen molar-refractivity contribution in [1.82, 2.24) is 14.9 Å². The summed E-state index contributed by atoms with van der Waals surface area (Å²) in [4.78, 5) is 0. The molecule has 3 rings (SSSR count). The number of nitrogens with zero attached hydrogens (tertiary/aromatic N) is 4. The second-order valence-electron chi connectivity index (χ2n) is 4.75. The van der Waals surface area contributed by atoms with E-state index in [2.05, 4.69) is 15.3 Å². The van der Waals surface area contributed by atoms with Crippen LogP contribution < -0.4 is 0 Å². The van der Waals surface area contributed by atoms with E-state index in [1.165, 1.54) is 41.0 Å². The summed E-state index contributed by atoms with van der Waals surface area (Å²) < 4.78 is 28.6. The van der Waals surface area contributed by atoms with E-state index in [0.29, 0.717) is 15.9 Å². The van der Waals surface area contributed by atoms with Gasteiger partial charge in [0.1, 0.15) is 18.0 Å². The second-order valence-corrected chi connectivity index (χ2v) is 6.13. The SMILES string of the molecule is Fc1cccc(F)c1C=Nn1cnnc1SCc1ccc(Cl)cc1. The molecular weight excluding hydrogens is 354 g/mol.